The molecule has 1 aliphatic rings. The highest BCUT2D eigenvalue weighted by Crippen LogP contribution is 2.35. The van der Waals surface area contributed by atoms with Crippen molar-refractivity contribution in [1.82, 2.24) is 14.9 Å². The molecule has 1 aliphatic heterocycles. The zero-order chi connectivity index (χ0) is 30.1. The Morgan fingerprint density at radius 1 is 0.952 bits per heavy atom. The minimum absolute atomic E-state index is 0.325. The molecule has 0 spiro atoms. The van der Waals surface area contributed by atoms with Gasteiger partial charge in [-0.05, 0) is 49.2 Å². The molecule has 0 unspecified atom stereocenters. The summed E-state index contributed by atoms with van der Waals surface area (Å²) in [5.74, 6) is 1.58. The predicted octanol–water partition coefficient (Wildman–Crippen LogP) is 0.123. The number of nitrogens with one attached hydrogen (secondary N) is 2. The van der Waals surface area contributed by atoms with Crippen LogP contribution in [-0.2, 0) is 11.3 Å². The van der Waals surface area contributed by atoms with Gasteiger partial charge in [0.05, 0.1) is 56.2 Å². The molecule has 0 aliphatic carbocycles. The number of hydrogen-bond acceptors (Lipinski definition) is 12. The van der Waals surface area contributed by atoms with E-state index in [0.717, 1.165) is 12.0 Å². The lowest BCUT2D eigenvalue weighted by atomic mass is 10.0. The maximum atomic E-state index is 10.7. The molecule has 1 aromatic heterocycles. The number of benzene rings is 2. The van der Waals surface area contributed by atoms with Crippen LogP contribution < -0.4 is 20.1 Å². The summed E-state index contributed by atoms with van der Waals surface area (Å²) < 4.78 is 19.4. The first kappa shape index (κ1) is 31.9. The van der Waals surface area contributed by atoms with Crippen molar-refractivity contribution in [1.29, 1.82) is 0 Å². The highest BCUT2D eigenvalue weighted by atomic mass is 16.6. The average Bonchev–Trinajstić information content (AvgIpc) is 3.53. The van der Waals surface area contributed by atoms with Gasteiger partial charge in [-0.1, -0.05) is 25.1 Å². The van der Waals surface area contributed by atoms with Crippen LogP contribution in [0.25, 0.3) is 11.0 Å². The van der Waals surface area contributed by atoms with Crippen LogP contribution in [0.1, 0.15) is 31.6 Å². The molecule has 4 rings (SSSR count). The van der Waals surface area contributed by atoms with Crippen LogP contribution in [0.3, 0.4) is 0 Å². The van der Waals surface area contributed by atoms with Gasteiger partial charge in [0.15, 0.2) is 17.7 Å². The number of fused-ring (bicyclic) bond motifs is 1. The van der Waals surface area contributed by atoms with E-state index in [2.05, 4.69) is 15.6 Å². The van der Waals surface area contributed by atoms with Gasteiger partial charge in [-0.15, -0.1) is 0 Å². The summed E-state index contributed by atoms with van der Waals surface area (Å²) in [5, 5.41) is 65.4. The first-order valence-electron chi connectivity index (χ1n) is 14.2. The molecular weight excluding hydrogens is 548 g/mol. The van der Waals surface area contributed by atoms with Crippen LogP contribution in [0.5, 0.6) is 11.5 Å². The highest BCUT2D eigenvalue weighted by molar-refractivity contribution is 5.78. The van der Waals surface area contributed by atoms with Gasteiger partial charge in [-0.3, -0.25) is 4.57 Å². The summed E-state index contributed by atoms with van der Waals surface area (Å²) >= 11 is 0. The Kier molecular flexibility index (Phi) is 11.4. The quantitative estimate of drug-likeness (QED) is 0.0993. The fraction of sp³-hybridized carbons (Fsp3) is 0.552. The molecule has 2 heterocycles. The van der Waals surface area contributed by atoms with Gasteiger partial charge in [0.2, 0.25) is 5.95 Å². The predicted molar refractivity (Wildman–Crippen MR) is 154 cm³/mol. The number of imidazole rings is 1. The van der Waals surface area contributed by atoms with E-state index < -0.39 is 56.5 Å². The second kappa shape index (κ2) is 14.9. The first-order valence-corrected chi connectivity index (χ1v) is 14.2. The molecule has 1 fully saturated rings. The summed E-state index contributed by atoms with van der Waals surface area (Å²) in [7, 11) is 0. The third kappa shape index (κ3) is 7.13. The number of para-hydroxylation sites is 2. The first-order chi connectivity index (χ1) is 20.4. The van der Waals surface area contributed by atoms with Crippen LogP contribution in [0.15, 0.2) is 42.5 Å². The standard InChI is InChI=1S/C29H42N4O9/c1-2-11-40-22-9-8-19(13-23(22)41-12-5-10-31-29(16-35,17-36)18-37)14-30-28-32-20-6-3-4-7-21(20)33(28)27-26(39)25(38)24(15-34)42-27/h3-4,6-9,13,24-27,31,34-39H,2,5,10-12,14-18H2,1H3,(H,30,32)/t24-,25-,26-,27-/m1/s1. The van der Waals surface area contributed by atoms with Crippen molar-refractivity contribution in [3.05, 3.63) is 48.0 Å². The summed E-state index contributed by atoms with van der Waals surface area (Å²) in [5.41, 5.74) is 1.09. The lowest BCUT2D eigenvalue weighted by Crippen LogP contribution is -2.55. The Morgan fingerprint density at radius 2 is 1.69 bits per heavy atom. The molecule has 8 N–H and O–H groups in total. The molecule has 3 aromatic rings. The Morgan fingerprint density at radius 3 is 2.38 bits per heavy atom. The third-order valence-corrected chi connectivity index (χ3v) is 7.27. The van der Waals surface area contributed by atoms with E-state index in [4.69, 9.17) is 14.2 Å². The van der Waals surface area contributed by atoms with Crippen LogP contribution >= 0.6 is 0 Å². The highest BCUT2D eigenvalue weighted by Gasteiger charge is 2.44. The van der Waals surface area contributed by atoms with Crippen molar-refractivity contribution in [2.24, 2.45) is 0 Å². The second-order valence-corrected chi connectivity index (χ2v) is 10.4. The summed E-state index contributed by atoms with van der Waals surface area (Å²) in [6.07, 6.45) is -3.00. The van der Waals surface area contributed by atoms with Gasteiger partial charge >= 0.3 is 0 Å². The molecule has 0 amide bonds. The number of aliphatic hydroxyl groups is 6. The molecule has 0 radical (unpaired) electrons. The smallest absolute Gasteiger partial charge is 0.206 e. The van der Waals surface area contributed by atoms with Crippen molar-refractivity contribution in [3.63, 3.8) is 0 Å². The lowest BCUT2D eigenvalue weighted by Gasteiger charge is -2.28. The van der Waals surface area contributed by atoms with Crippen molar-refractivity contribution in [3.8, 4) is 11.5 Å². The van der Waals surface area contributed by atoms with Crippen molar-refractivity contribution >= 4 is 17.0 Å². The Bertz CT molecular complexity index is 1260. The number of aromatic nitrogens is 2. The molecule has 4 atom stereocenters. The van der Waals surface area contributed by atoms with E-state index in [1.807, 2.05) is 49.4 Å². The lowest BCUT2D eigenvalue weighted by molar-refractivity contribution is -0.0499. The number of anilines is 1. The number of hydrogen-bond donors (Lipinski definition) is 8. The summed E-state index contributed by atoms with van der Waals surface area (Å²) in [6.45, 7) is 2.00. The molecule has 1 saturated heterocycles. The average molecular weight is 591 g/mol. The van der Waals surface area contributed by atoms with Crippen LogP contribution in [0, 0.1) is 0 Å². The number of aliphatic hydroxyl groups excluding tert-OH is 6. The molecule has 0 saturated carbocycles. The number of ether oxygens (including phenoxy) is 3. The minimum atomic E-state index is -1.26. The van der Waals surface area contributed by atoms with Crippen LogP contribution in [0.4, 0.5) is 5.95 Å². The van der Waals surface area contributed by atoms with Crippen molar-refractivity contribution in [2.75, 3.05) is 51.5 Å². The number of nitrogens with zero attached hydrogens (tertiary/aromatic N) is 2. The third-order valence-electron chi connectivity index (χ3n) is 7.27. The molecule has 2 aromatic carbocycles. The zero-order valence-corrected chi connectivity index (χ0v) is 23.7. The second-order valence-electron chi connectivity index (χ2n) is 10.4. The summed E-state index contributed by atoms with van der Waals surface area (Å²) in [4.78, 5) is 4.67. The Balaban J connectivity index is 1.48. The van der Waals surface area contributed by atoms with Gasteiger partial charge in [0.1, 0.15) is 18.3 Å². The molecule has 13 nitrogen and oxygen atoms in total. The van der Waals surface area contributed by atoms with Crippen molar-refractivity contribution < 1.29 is 44.8 Å². The van der Waals surface area contributed by atoms with Gasteiger partial charge in [0, 0.05) is 6.54 Å². The molecule has 232 valence electrons. The van der Waals surface area contributed by atoms with Gasteiger partial charge in [-0.2, -0.15) is 0 Å². The van der Waals surface area contributed by atoms with E-state index in [0.29, 0.717) is 61.2 Å². The fourth-order valence-electron chi connectivity index (χ4n) is 4.73. The van der Waals surface area contributed by atoms with Gasteiger partial charge in [0.25, 0.3) is 0 Å². The molecule has 13 heteroatoms. The zero-order valence-electron chi connectivity index (χ0n) is 23.7. The molecule has 42 heavy (non-hydrogen) atoms. The minimum Gasteiger partial charge on any atom is -0.490 e. The monoisotopic (exact) mass is 590 g/mol. The van der Waals surface area contributed by atoms with E-state index >= 15 is 0 Å². The van der Waals surface area contributed by atoms with E-state index in [1.54, 1.807) is 4.57 Å². The maximum absolute atomic E-state index is 10.7. The van der Waals surface area contributed by atoms with E-state index in [9.17, 15) is 30.6 Å². The van der Waals surface area contributed by atoms with Gasteiger partial charge in [-0.25, -0.2) is 4.98 Å². The maximum Gasteiger partial charge on any atom is 0.206 e. The normalized spacial score (nSPS) is 20.7. The Labute approximate surface area is 244 Å². The summed E-state index contributed by atoms with van der Waals surface area (Å²) in [6, 6.07) is 13.0. The van der Waals surface area contributed by atoms with Crippen LogP contribution in [-0.4, -0.2) is 110 Å². The van der Waals surface area contributed by atoms with E-state index in [1.165, 1.54) is 0 Å². The fourth-order valence-corrected chi connectivity index (χ4v) is 4.73. The number of rotatable bonds is 17. The molecular formula is C29H42N4O9. The van der Waals surface area contributed by atoms with Gasteiger partial charge < -0.3 is 55.5 Å². The Hall–Kier alpha value is -3.01. The van der Waals surface area contributed by atoms with Crippen LogP contribution in [0.2, 0.25) is 0 Å². The van der Waals surface area contributed by atoms with Crippen molar-refractivity contribution in [2.45, 2.75) is 56.4 Å². The SMILES string of the molecule is CCCOc1ccc(CNc2nc3ccccc3n2[C@@H]2O[C@H](CO)[C@@H](O)[C@H]2O)cc1OCCCNC(CO)(CO)CO. The molecule has 0 bridgehead atoms. The topological polar surface area (TPSA) is 191 Å². The van der Waals surface area contributed by atoms with E-state index in [-0.39, 0.29) is 0 Å². The largest absolute Gasteiger partial charge is 0.490 e.